The molecule has 0 unspecified atom stereocenters. The number of allylic oxidation sites excluding steroid dienone is 1. The maximum absolute atomic E-state index is 12.6. The van der Waals surface area contributed by atoms with Gasteiger partial charge < -0.3 is 4.90 Å². The van der Waals surface area contributed by atoms with Gasteiger partial charge in [0.2, 0.25) is 5.91 Å². The van der Waals surface area contributed by atoms with E-state index in [4.69, 9.17) is 0 Å². The summed E-state index contributed by atoms with van der Waals surface area (Å²) in [4.78, 5) is 14.8. The third-order valence-corrected chi connectivity index (χ3v) is 5.06. The van der Waals surface area contributed by atoms with E-state index in [0.717, 1.165) is 18.9 Å². The van der Waals surface area contributed by atoms with Gasteiger partial charge in [0.05, 0.1) is 0 Å². The van der Waals surface area contributed by atoms with E-state index in [1.165, 1.54) is 19.3 Å². The Bertz CT molecular complexity index is 347. The Balaban J connectivity index is 1.91. The van der Waals surface area contributed by atoms with Crippen molar-refractivity contribution >= 4 is 5.91 Å². The molecule has 17 heavy (non-hydrogen) atoms. The van der Waals surface area contributed by atoms with Gasteiger partial charge in [0.25, 0.3) is 0 Å². The number of carbonyl (C=O) groups excluding carboxylic acids is 1. The number of hydrogen-bond donors (Lipinski definition) is 0. The van der Waals surface area contributed by atoms with E-state index < -0.39 is 0 Å². The van der Waals surface area contributed by atoms with E-state index in [1.807, 2.05) is 0 Å². The van der Waals surface area contributed by atoms with Crippen LogP contribution in [0.3, 0.4) is 0 Å². The standard InChI is InChI=1S/C15H23NO/c1-10(2)13-7-6-11-4-3-5-12-8-9-16(14(11)12)15(13)17/h3-4,10-14H,5-9H2,1-2H3/t11-,12-,13+,14+/m0/s1. The highest BCUT2D eigenvalue weighted by atomic mass is 16.2. The molecule has 0 N–H and O–H groups in total. The summed E-state index contributed by atoms with van der Waals surface area (Å²) in [6.45, 7) is 5.40. The van der Waals surface area contributed by atoms with Crippen molar-refractivity contribution in [2.45, 2.75) is 45.6 Å². The minimum absolute atomic E-state index is 0.271. The van der Waals surface area contributed by atoms with Gasteiger partial charge in [0, 0.05) is 18.5 Å². The van der Waals surface area contributed by atoms with E-state index >= 15 is 0 Å². The summed E-state index contributed by atoms with van der Waals surface area (Å²) in [6.07, 6.45) is 9.46. The number of rotatable bonds is 1. The van der Waals surface area contributed by atoms with Gasteiger partial charge in [0.15, 0.2) is 0 Å². The second kappa shape index (κ2) is 4.15. The van der Waals surface area contributed by atoms with Crippen molar-refractivity contribution < 1.29 is 4.79 Å². The molecule has 2 fully saturated rings. The molecular weight excluding hydrogens is 210 g/mol. The fourth-order valence-electron chi connectivity index (χ4n) is 4.11. The van der Waals surface area contributed by atoms with E-state index in [2.05, 4.69) is 30.9 Å². The SMILES string of the molecule is CC(C)[C@H]1CC[C@@H]2C=CC[C@H]3CCN(C1=O)[C@@H]32. The van der Waals surface area contributed by atoms with Crippen LogP contribution in [0, 0.1) is 23.7 Å². The smallest absolute Gasteiger partial charge is 0.226 e. The first-order valence-corrected chi connectivity index (χ1v) is 7.15. The number of nitrogens with zero attached hydrogens (tertiary/aromatic N) is 1. The van der Waals surface area contributed by atoms with Crippen molar-refractivity contribution in [1.29, 1.82) is 0 Å². The third kappa shape index (κ3) is 1.73. The topological polar surface area (TPSA) is 20.3 Å². The molecule has 2 saturated heterocycles. The lowest BCUT2D eigenvalue weighted by Crippen LogP contribution is -2.43. The number of amides is 1. The molecule has 0 saturated carbocycles. The van der Waals surface area contributed by atoms with Gasteiger partial charge in [-0.25, -0.2) is 0 Å². The van der Waals surface area contributed by atoms with E-state index in [0.29, 0.717) is 23.8 Å². The summed E-state index contributed by atoms with van der Waals surface area (Å²) >= 11 is 0. The lowest BCUT2D eigenvalue weighted by Gasteiger charge is -2.34. The molecule has 2 heteroatoms. The average molecular weight is 233 g/mol. The van der Waals surface area contributed by atoms with E-state index in [9.17, 15) is 4.79 Å². The highest BCUT2D eigenvalue weighted by molar-refractivity contribution is 5.80. The molecule has 2 heterocycles. The van der Waals surface area contributed by atoms with Crippen molar-refractivity contribution in [3.05, 3.63) is 12.2 Å². The Hall–Kier alpha value is -0.790. The van der Waals surface area contributed by atoms with Crippen molar-refractivity contribution in [2.24, 2.45) is 23.7 Å². The largest absolute Gasteiger partial charge is 0.339 e. The molecule has 2 nitrogen and oxygen atoms in total. The van der Waals surface area contributed by atoms with E-state index in [1.54, 1.807) is 0 Å². The summed E-state index contributed by atoms with van der Waals surface area (Å²) in [5.41, 5.74) is 0. The molecule has 0 spiro atoms. The fourth-order valence-corrected chi connectivity index (χ4v) is 4.11. The molecule has 94 valence electrons. The van der Waals surface area contributed by atoms with Gasteiger partial charge in [0.1, 0.15) is 0 Å². The fraction of sp³-hybridized carbons (Fsp3) is 0.800. The van der Waals surface area contributed by atoms with Crippen LogP contribution in [-0.4, -0.2) is 23.4 Å². The van der Waals surface area contributed by atoms with Crippen molar-refractivity contribution in [3.8, 4) is 0 Å². The maximum Gasteiger partial charge on any atom is 0.226 e. The molecule has 4 atom stereocenters. The molecular formula is C15H23NO. The van der Waals surface area contributed by atoms with Gasteiger partial charge in [-0.2, -0.15) is 0 Å². The van der Waals surface area contributed by atoms with Gasteiger partial charge in [-0.15, -0.1) is 0 Å². The zero-order valence-corrected chi connectivity index (χ0v) is 10.9. The quantitative estimate of drug-likeness (QED) is 0.638. The summed E-state index contributed by atoms with van der Waals surface area (Å²) < 4.78 is 0. The Labute approximate surface area is 104 Å². The summed E-state index contributed by atoms with van der Waals surface area (Å²) in [5, 5.41) is 0. The first-order chi connectivity index (χ1) is 8.18. The predicted molar refractivity (Wildman–Crippen MR) is 68.4 cm³/mol. The molecule has 1 amide bonds. The van der Waals surface area contributed by atoms with Crippen LogP contribution in [0.2, 0.25) is 0 Å². The predicted octanol–water partition coefficient (Wildman–Crippen LogP) is 2.85. The Morgan fingerprint density at radius 1 is 1.29 bits per heavy atom. The summed E-state index contributed by atoms with van der Waals surface area (Å²) in [6, 6.07) is 0.538. The Morgan fingerprint density at radius 2 is 2.12 bits per heavy atom. The zero-order chi connectivity index (χ0) is 12.0. The minimum atomic E-state index is 0.271. The third-order valence-electron chi connectivity index (χ3n) is 5.06. The molecule has 0 aromatic heterocycles. The van der Waals surface area contributed by atoms with Crippen LogP contribution in [0.1, 0.15) is 39.5 Å². The molecule has 0 aromatic carbocycles. The summed E-state index contributed by atoms with van der Waals surface area (Å²) in [7, 11) is 0. The second-order valence-corrected chi connectivity index (χ2v) is 6.33. The van der Waals surface area contributed by atoms with Crippen molar-refractivity contribution in [3.63, 3.8) is 0 Å². The Kier molecular flexibility index (Phi) is 2.76. The number of hydrogen-bond acceptors (Lipinski definition) is 1. The molecule has 0 bridgehead atoms. The van der Waals surface area contributed by atoms with Crippen molar-refractivity contribution in [1.82, 2.24) is 4.90 Å². The summed E-state index contributed by atoms with van der Waals surface area (Å²) in [5.74, 6) is 2.60. The maximum atomic E-state index is 12.6. The van der Waals surface area contributed by atoms with Crippen LogP contribution in [0.4, 0.5) is 0 Å². The lowest BCUT2D eigenvalue weighted by atomic mass is 9.79. The van der Waals surface area contributed by atoms with Crippen LogP contribution in [-0.2, 0) is 4.79 Å². The molecule has 3 rings (SSSR count). The number of carbonyl (C=O) groups is 1. The minimum Gasteiger partial charge on any atom is -0.339 e. The van der Waals surface area contributed by atoms with Crippen LogP contribution in [0.15, 0.2) is 12.2 Å². The first-order valence-electron chi connectivity index (χ1n) is 7.15. The van der Waals surface area contributed by atoms with Crippen LogP contribution < -0.4 is 0 Å². The highest BCUT2D eigenvalue weighted by Gasteiger charge is 2.46. The van der Waals surface area contributed by atoms with Gasteiger partial charge in [-0.05, 0) is 43.4 Å². The lowest BCUT2D eigenvalue weighted by molar-refractivity contribution is -0.137. The van der Waals surface area contributed by atoms with Gasteiger partial charge >= 0.3 is 0 Å². The second-order valence-electron chi connectivity index (χ2n) is 6.33. The van der Waals surface area contributed by atoms with Crippen LogP contribution in [0.25, 0.3) is 0 Å². The first kappa shape index (κ1) is 11.3. The monoisotopic (exact) mass is 233 g/mol. The average Bonchev–Trinajstić information content (AvgIpc) is 2.66. The van der Waals surface area contributed by atoms with Crippen LogP contribution in [0.5, 0.6) is 0 Å². The molecule has 3 aliphatic rings. The molecule has 2 aliphatic heterocycles. The zero-order valence-electron chi connectivity index (χ0n) is 10.9. The normalized spacial score (nSPS) is 40.6. The van der Waals surface area contributed by atoms with Gasteiger partial charge in [-0.1, -0.05) is 26.0 Å². The molecule has 0 aromatic rings. The molecule has 0 radical (unpaired) electrons. The van der Waals surface area contributed by atoms with Crippen molar-refractivity contribution in [2.75, 3.05) is 6.54 Å². The van der Waals surface area contributed by atoms with Gasteiger partial charge in [-0.3, -0.25) is 4.79 Å². The highest BCUT2D eigenvalue weighted by Crippen LogP contribution is 2.42. The Morgan fingerprint density at radius 3 is 2.88 bits per heavy atom. The van der Waals surface area contributed by atoms with Crippen LogP contribution >= 0.6 is 0 Å². The molecule has 1 aliphatic carbocycles. The van der Waals surface area contributed by atoms with E-state index in [-0.39, 0.29) is 5.92 Å².